The van der Waals surface area contributed by atoms with Gasteiger partial charge in [0, 0.05) is 6.04 Å². The second kappa shape index (κ2) is 5.12. The van der Waals surface area contributed by atoms with E-state index in [-0.39, 0.29) is 11.5 Å². The lowest BCUT2D eigenvalue weighted by Crippen LogP contribution is -2.43. The Bertz CT molecular complexity index is 378. The second-order valence-electron chi connectivity index (χ2n) is 3.36. The molecule has 92 valence electrons. The number of hydrogen-bond donors (Lipinski definition) is 3. The number of urea groups is 1. The topological polar surface area (TPSA) is 122 Å². The van der Waals surface area contributed by atoms with Gasteiger partial charge in [-0.15, -0.1) is 0 Å². The third-order valence-corrected chi connectivity index (χ3v) is 3.70. The zero-order chi connectivity index (χ0) is 12.2. The molecule has 0 aliphatic carbocycles. The largest absolute Gasteiger partial charge is 0.479 e. The van der Waals surface area contributed by atoms with Gasteiger partial charge in [-0.3, -0.25) is 4.84 Å². The Labute approximate surface area is 91.8 Å². The van der Waals surface area contributed by atoms with Crippen LogP contribution in [-0.4, -0.2) is 49.7 Å². The average Bonchev–Trinajstić information content (AvgIpc) is 2.44. The molecule has 1 unspecified atom stereocenters. The normalized spacial score (nSPS) is 22.6. The fraction of sp³-hybridized carbons (Fsp3) is 0.714. The molecular weight excluding hydrogens is 240 g/mol. The summed E-state index contributed by atoms with van der Waals surface area (Å²) in [4.78, 5) is 25.4. The second-order valence-corrected chi connectivity index (χ2v) is 5.59. The molecule has 1 aliphatic rings. The number of nitrogens with one attached hydrogen (secondary N) is 2. The van der Waals surface area contributed by atoms with Crippen molar-refractivity contribution in [3.05, 3.63) is 0 Å². The lowest BCUT2D eigenvalue weighted by molar-refractivity contribution is -0.144. The molecule has 0 aromatic rings. The van der Waals surface area contributed by atoms with Crippen LogP contribution in [0.5, 0.6) is 0 Å². The third-order valence-electron chi connectivity index (χ3n) is 1.93. The quantitative estimate of drug-likeness (QED) is 0.523. The Balaban J connectivity index is 2.23. The van der Waals surface area contributed by atoms with Gasteiger partial charge < -0.3 is 10.4 Å². The van der Waals surface area contributed by atoms with E-state index in [0.717, 1.165) is 0 Å². The predicted octanol–water partition coefficient (Wildman–Crippen LogP) is -1.51. The molecule has 0 radical (unpaired) electrons. The SMILES string of the molecule is O=C(O)CONC(=O)NC1CCS(=O)(=O)C1. The first-order valence-corrected chi connectivity index (χ1v) is 6.32. The third kappa shape index (κ3) is 4.45. The number of aliphatic carboxylic acids is 1. The summed E-state index contributed by atoms with van der Waals surface area (Å²) in [6, 6.07) is -1.19. The molecule has 0 spiro atoms. The number of sulfone groups is 1. The van der Waals surface area contributed by atoms with E-state index >= 15 is 0 Å². The number of hydrogen-bond acceptors (Lipinski definition) is 5. The molecule has 0 saturated carbocycles. The van der Waals surface area contributed by atoms with E-state index in [1.54, 1.807) is 0 Å². The first-order chi connectivity index (χ1) is 7.39. The molecule has 1 saturated heterocycles. The van der Waals surface area contributed by atoms with E-state index in [2.05, 4.69) is 10.2 Å². The molecule has 0 bridgehead atoms. The van der Waals surface area contributed by atoms with Gasteiger partial charge in [0.2, 0.25) is 0 Å². The number of carboxylic acid groups (broad SMARTS) is 1. The fourth-order valence-corrected chi connectivity index (χ4v) is 2.96. The molecule has 1 fully saturated rings. The smallest absolute Gasteiger partial charge is 0.338 e. The van der Waals surface area contributed by atoms with E-state index in [1.807, 2.05) is 5.48 Å². The van der Waals surface area contributed by atoms with Crippen LogP contribution >= 0.6 is 0 Å². The van der Waals surface area contributed by atoms with Crippen LogP contribution in [0.3, 0.4) is 0 Å². The summed E-state index contributed by atoms with van der Waals surface area (Å²) in [7, 11) is -3.05. The first-order valence-electron chi connectivity index (χ1n) is 4.49. The molecule has 2 amide bonds. The van der Waals surface area contributed by atoms with Crippen LogP contribution in [0.15, 0.2) is 0 Å². The Morgan fingerprint density at radius 3 is 2.62 bits per heavy atom. The summed E-state index contributed by atoms with van der Waals surface area (Å²) in [5.41, 5.74) is 1.84. The molecule has 0 aromatic heterocycles. The predicted molar refractivity (Wildman–Crippen MR) is 52.3 cm³/mol. The van der Waals surface area contributed by atoms with Crippen LogP contribution in [0, 0.1) is 0 Å². The monoisotopic (exact) mass is 252 g/mol. The number of rotatable bonds is 4. The van der Waals surface area contributed by atoms with Crippen molar-refractivity contribution in [3.63, 3.8) is 0 Å². The van der Waals surface area contributed by atoms with Gasteiger partial charge in [-0.05, 0) is 6.42 Å². The van der Waals surface area contributed by atoms with Crippen molar-refractivity contribution in [2.75, 3.05) is 18.1 Å². The first kappa shape index (κ1) is 12.7. The van der Waals surface area contributed by atoms with Gasteiger partial charge in [-0.2, -0.15) is 0 Å². The van der Waals surface area contributed by atoms with Crippen LogP contribution < -0.4 is 10.8 Å². The van der Waals surface area contributed by atoms with E-state index in [9.17, 15) is 18.0 Å². The summed E-state index contributed by atoms with van der Waals surface area (Å²) in [5, 5.41) is 10.6. The van der Waals surface area contributed by atoms with Crippen LogP contribution in [0.4, 0.5) is 4.79 Å². The molecule has 9 heteroatoms. The molecule has 3 N–H and O–H groups in total. The van der Waals surface area contributed by atoms with Gasteiger partial charge in [-0.1, -0.05) is 0 Å². The van der Waals surface area contributed by atoms with Crippen LogP contribution in [0.1, 0.15) is 6.42 Å². The molecule has 1 atom stereocenters. The highest BCUT2D eigenvalue weighted by molar-refractivity contribution is 7.91. The van der Waals surface area contributed by atoms with Crippen LogP contribution in [0.2, 0.25) is 0 Å². The Morgan fingerprint density at radius 2 is 2.12 bits per heavy atom. The Hall–Kier alpha value is -1.35. The highest BCUT2D eigenvalue weighted by atomic mass is 32.2. The molecule has 0 aromatic carbocycles. The Kier molecular flexibility index (Phi) is 4.07. The summed E-state index contributed by atoms with van der Waals surface area (Å²) < 4.78 is 22.1. The van der Waals surface area contributed by atoms with Crippen molar-refractivity contribution in [2.24, 2.45) is 0 Å². The van der Waals surface area contributed by atoms with Crippen molar-refractivity contribution < 1.29 is 28.0 Å². The minimum atomic E-state index is -3.05. The van der Waals surface area contributed by atoms with Gasteiger partial charge >= 0.3 is 12.0 Å². The minimum absolute atomic E-state index is 0.0495. The van der Waals surface area contributed by atoms with Gasteiger partial charge in [-0.25, -0.2) is 23.5 Å². The van der Waals surface area contributed by atoms with Crippen molar-refractivity contribution in [1.82, 2.24) is 10.8 Å². The number of carbonyl (C=O) groups is 2. The maximum absolute atomic E-state index is 11.1. The number of amides is 2. The zero-order valence-corrected chi connectivity index (χ0v) is 9.12. The van der Waals surface area contributed by atoms with Crippen LogP contribution in [0.25, 0.3) is 0 Å². The maximum atomic E-state index is 11.1. The van der Waals surface area contributed by atoms with E-state index in [1.165, 1.54) is 0 Å². The summed E-state index contributed by atoms with van der Waals surface area (Å²) >= 11 is 0. The summed E-state index contributed by atoms with van der Waals surface area (Å²) in [5.74, 6) is -1.27. The molecule has 1 rings (SSSR count). The molecule has 16 heavy (non-hydrogen) atoms. The minimum Gasteiger partial charge on any atom is -0.479 e. The molecular formula is C7H12N2O6S. The van der Waals surface area contributed by atoms with Crippen molar-refractivity contribution in [2.45, 2.75) is 12.5 Å². The number of carbonyl (C=O) groups excluding carboxylic acids is 1. The number of hydroxylamine groups is 1. The highest BCUT2D eigenvalue weighted by Gasteiger charge is 2.28. The lowest BCUT2D eigenvalue weighted by atomic mass is 10.3. The molecule has 1 aliphatic heterocycles. The fourth-order valence-electron chi connectivity index (χ4n) is 1.29. The van der Waals surface area contributed by atoms with Gasteiger partial charge in [0.15, 0.2) is 16.4 Å². The van der Waals surface area contributed by atoms with Crippen molar-refractivity contribution in [1.29, 1.82) is 0 Å². The standard InChI is InChI=1S/C7H12N2O6S/c10-6(11)3-15-9-7(12)8-5-1-2-16(13,14)4-5/h5H,1-4H2,(H,10,11)(H2,8,9,12). The summed E-state index contributed by atoms with van der Waals surface area (Å²) in [6.45, 7) is -0.656. The number of carboxylic acids is 1. The van der Waals surface area contributed by atoms with Crippen molar-refractivity contribution >= 4 is 21.8 Å². The Morgan fingerprint density at radius 1 is 1.44 bits per heavy atom. The van der Waals surface area contributed by atoms with E-state index in [0.29, 0.717) is 6.42 Å². The zero-order valence-electron chi connectivity index (χ0n) is 8.30. The lowest BCUT2D eigenvalue weighted by Gasteiger charge is -2.10. The van der Waals surface area contributed by atoms with E-state index in [4.69, 9.17) is 5.11 Å². The van der Waals surface area contributed by atoms with Crippen molar-refractivity contribution in [3.8, 4) is 0 Å². The maximum Gasteiger partial charge on any atom is 0.338 e. The average molecular weight is 252 g/mol. The van der Waals surface area contributed by atoms with Gasteiger partial charge in [0.25, 0.3) is 0 Å². The van der Waals surface area contributed by atoms with Gasteiger partial charge in [0.05, 0.1) is 11.5 Å². The van der Waals surface area contributed by atoms with Crippen LogP contribution in [-0.2, 0) is 19.5 Å². The molecule has 8 nitrogen and oxygen atoms in total. The highest BCUT2D eigenvalue weighted by Crippen LogP contribution is 2.10. The summed E-state index contributed by atoms with van der Waals surface area (Å²) in [6.07, 6.45) is 0.356. The molecule has 1 heterocycles. The van der Waals surface area contributed by atoms with E-state index < -0.39 is 34.5 Å². The van der Waals surface area contributed by atoms with Gasteiger partial charge in [0.1, 0.15) is 0 Å².